The first-order valence-electron chi connectivity index (χ1n) is 5.61. The van der Waals surface area contributed by atoms with Crippen LogP contribution < -0.4 is 4.72 Å². The number of hydrogen-bond acceptors (Lipinski definition) is 3. The van der Waals surface area contributed by atoms with Gasteiger partial charge in [0.2, 0.25) is 0 Å². The highest BCUT2D eigenvalue weighted by atomic mass is 32.2. The molecule has 2 rings (SSSR count). The van der Waals surface area contributed by atoms with Gasteiger partial charge in [-0.15, -0.1) is 0 Å². The van der Waals surface area contributed by atoms with Crippen LogP contribution in [0.25, 0.3) is 0 Å². The molecule has 0 amide bonds. The Kier molecular flexibility index (Phi) is 3.54. The summed E-state index contributed by atoms with van der Waals surface area (Å²) >= 11 is 0. The summed E-state index contributed by atoms with van der Waals surface area (Å²) in [6.45, 7) is 1.93. The van der Waals surface area contributed by atoms with Crippen LogP contribution in [0.4, 0.5) is 5.69 Å². The number of hydrogen-bond donors (Lipinski definition) is 1. The van der Waals surface area contributed by atoms with E-state index in [1.807, 2.05) is 25.1 Å². The molecule has 0 unspecified atom stereocenters. The topological polar surface area (TPSA) is 70.0 Å². The van der Waals surface area contributed by atoms with Gasteiger partial charge in [0.1, 0.15) is 0 Å². The van der Waals surface area contributed by atoms with Crippen LogP contribution in [-0.4, -0.2) is 8.42 Å². The van der Waals surface area contributed by atoms with Crippen molar-refractivity contribution in [1.82, 2.24) is 0 Å². The van der Waals surface area contributed by atoms with Crippen LogP contribution in [-0.2, 0) is 10.0 Å². The van der Waals surface area contributed by atoms with Gasteiger partial charge in [-0.2, -0.15) is 5.26 Å². The van der Waals surface area contributed by atoms with Gasteiger partial charge < -0.3 is 0 Å². The predicted molar refractivity (Wildman–Crippen MR) is 73.1 cm³/mol. The molecule has 0 aliphatic carbocycles. The second-order valence-corrected chi connectivity index (χ2v) is 5.79. The van der Waals surface area contributed by atoms with Gasteiger partial charge in [0.25, 0.3) is 10.0 Å². The predicted octanol–water partition coefficient (Wildman–Crippen LogP) is 2.67. The number of nitrogens with zero attached hydrogens (tertiary/aromatic N) is 1. The summed E-state index contributed by atoms with van der Waals surface area (Å²) in [5, 5.41) is 8.68. The Morgan fingerprint density at radius 2 is 1.58 bits per heavy atom. The molecular formula is C14H12N2O2S. The van der Waals surface area contributed by atoms with Crippen molar-refractivity contribution >= 4 is 15.7 Å². The van der Waals surface area contributed by atoms with E-state index in [-0.39, 0.29) is 4.90 Å². The highest BCUT2D eigenvalue weighted by molar-refractivity contribution is 7.92. The molecule has 0 spiro atoms. The molecule has 0 heterocycles. The molecular weight excluding hydrogens is 260 g/mol. The smallest absolute Gasteiger partial charge is 0.261 e. The Morgan fingerprint density at radius 1 is 1.00 bits per heavy atom. The summed E-state index contributed by atoms with van der Waals surface area (Å²) in [5.41, 5.74) is 1.99. The molecule has 0 atom stereocenters. The molecule has 0 bridgehead atoms. The molecule has 2 aromatic rings. The van der Waals surface area contributed by atoms with E-state index < -0.39 is 10.0 Å². The highest BCUT2D eigenvalue weighted by Crippen LogP contribution is 2.16. The summed E-state index contributed by atoms with van der Waals surface area (Å²) in [5.74, 6) is 0. The molecule has 0 aliphatic rings. The molecule has 0 saturated heterocycles. The fraction of sp³-hybridized carbons (Fsp3) is 0.0714. The third-order valence-electron chi connectivity index (χ3n) is 2.60. The fourth-order valence-corrected chi connectivity index (χ4v) is 2.60. The normalized spacial score (nSPS) is 10.7. The van der Waals surface area contributed by atoms with Crippen molar-refractivity contribution in [2.75, 3.05) is 4.72 Å². The maximum Gasteiger partial charge on any atom is 0.261 e. The van der Waals surface area contributed by atoms with Crippen LogP contribution >= 0.6 is 0 Å². The first-order valence-corrected chi connectivity index (χ1v) is 7.09. The van der Waals surface area contributed by atoms with Crippen molar-refractivity contribution in [2.24, 2.45) is 0 Å². The number of nitriles is 1. The minimum Gasteiger partial charge on any atom is -0.280 e. The summed E-state index contributed by atoms with van der Waals surface area (Å²) in [4.78, 5) is 0.132. The minimum absolute atomic E-state index is 0.132. The molecule has 0 aromatic heterocycles. The zero-order valence-corrected chi connectivity index (χ0v) is 11.1. The third kappa shape index (κ3) is 3.12. The van der Waals surface area contributed by atoms with Crippen LogP contribution in [0.5, 0.6) is 0 Å². The van der Waals surface area contributed by atoms with E-state index in [2.05, 4.69) is 4.72 Å². The number of rotatable bonds is 3. The first-order chi connectivity index (χ1) is 9.01. The van der Waals surface area contributed by atoms with Gasteiger partial charge in [0.15, 0.2) is 0 Å². The van der Waals surface area contributed by atoms with Crippen LogP contribution in [0.3, 0.4) is 0 Å². The second-order valence-electron chi connectivity index (χ2n) is 4.11. The number of aryl methyl sites for hydroxylation is 1. The number of sulfonamides is 1. The van der Waals surface area contributed by atoms with Crippen LogP contribution in [0.15, 0.2) is 53.4 Å². The van der Waals surface area contributed by atoms with E-state index in [0.29, 0.717) is 11.3 Å². The second kappa shape index (κ2) is 5.12. The molecule has 2 aromatic carbocycles. The lowest BCUT2D eigenvalue weighted by Crippen LogP contribution is -2.12. The molecule has 96 valence electrons. The molecule has 5 heteroatoms. The Balaban J connectivity index is 2.27. The number of nitrogens with one attached hydrogen (secondary N) is 1. The van der Waals surface area contributed by atoms with Gasteiger partial charge in [0, 0.05) is 5.69 Å². The van der Waals surface area contributed by atoms with Crippen LogP contribution in [0, 0.1) is 18.3 Å². The molecule has 0 saturated carbocycles. The largest absolute Gasteiger partial charge is 0.280 e. The number of anilines is 1. The Labute approximate surface area is 112 Å². The highest BCUT2D eigenvalue weighted by Gasteiger charge is 2.13. The quantitative estimate of drug-likeness (QED) is 0.933. The average Bonchev–Trinajstić information content (AvgIpc) is 2.41. The van der Waals surface area contributed by atoms with Crippen molar-refractivity contribution in [1.29, 1.82) is 5.26 Å². The third-order valence-corrected chi connectivity index (χ3v) is 3.99. The van der Waals surface area contributed by atoms with Gasteiger partial charge in [0.05, 0.1) is 16.5 Å². The van der Waals surface area contributed by atoms with E-state index in [4.69, 9.17) is 5.26 Å². The maximum atomic E-state index is 12.1. The zero-order chi connectivity index (χ0) is 13.9. The SMILES string of the molecule is Cc1ccc(NS(=O)(=O)c2ccc(C#N)cc2)cc1. The first kappa shape index (κ1) is 13.1. The lowest BCUT2D eigenvalue weighted by atomic mass is 10.2. The Bertz CT molecular complexity index is 712. The van der Waals surface area contributed by atoms with Crippen molar-refractivity contribution < 1.29 is 8.42 Å². The average molecular weight is 272 g/mol. The fourth-order valence-electron chi connectivity index (χ4n) is 1.54. The summed E-state index contributed by atoms with van der Waals surface area (Å²) < 4.78 is 26.7. The summed E-state index contributed by atoms with van der Waals surface area (Å²) in [6, 6.07) is 14.8. The molecule has 0 radical (unpaired) electrons. The van der Waals surface area contributed by atoms with Gasteiger partial charge in [-0.1, -0.05) is 17.7 Å². The summed E-state index contributed by atoms with van der Waals surface area (Å²) in [6.07, 6.45) is 0. The maximum absolute atomic E-state index is 12.1. The molecule has 19 heavy (non-hydrogen) atoms. The van der Waals surface area contributed by atoms with Crippen molar-refractivity contribution in [2.45, 2.75) is 11.8 Å². The van der Waals surface area contributed by atoms with E-state index in [9.17, 15) is 8.42 Å². The van der Waals surface area contributed by atoms with E-state index in [1.165, 1.54) is 24.3 Å². The van der Waals surface area contributed by atoms with Gasteiger partial charge >= 0.3 is 0 Å². The number of benzene rings is 2. The monoisotopic (exact) mass is 272 g/mol. The lowest BCUT2D eigenvalue weighted by molar-refractivity contribution is 0.601. The van der Waals surface area contributed by atoms with Gasteiger partial charge in [-0.25, -0.2) is 8.42 Å². The molecule has 4 nitrogen and oxygen atoms in total. The molecule has 0 aliphatic heterocycles. The standard InChI is InChI=1S/C14H12N2O2S/c1-11-2-6-13(7-3-11)16-19(17,18)14-8-4-12(10-15)5-9-14/h2-9,16H,1H3. The van der Waals surface area contributed by atoms with E-state index >= 15 is 0 Å². The van der Waals surface area contributed by atoms with Gasteiger partial charge in [-0.3, -0.25) is 4.72 Å². The van der Waals surface area contributed by atoms with E-state index in [0.717, 1.165) is 5.56 Å². The van der Waals surface area contributed by atoms with Crippen molar-refractivity contribution in [3.8, 4) is 6.07 Å². The lowest BCUT2D eigenvalue weighted by Gasteiger charge is -2.08. The van der Waals surface area contributed by atoms with Crippen LogP contribution in [0.2, 0.25) is 0 Å². The van der Waals surface area contributed by atoms with Crippen LogP contribution in [0.1, 0.15) is 11.1 Å². The van der Waals surface area contributed by atoms with Crippen molar-refractivity contribution in [3.05, 3.63) is 59.7 Å². The van der Waals surface area contributed by atoms with E-state index in [1.54, 1.807) is 12.1 Å². The molecule has 1 N–H and O–H groups in total. The Morgan fingerprint density at radius 3 is 2.11 bits per heavy atom. The zero-order valence-electron chi connectivity index (χ0n) is 10.3. The summed E-state index contributed by atoms with van der Waals surface area (Å²) in [7, 11) is -3.61. The minimum atomic E-state index is -3.61. The van der Waals surface area contributed by atoms with Gasteiger partial charge in [-0.05, 0) is 43.3 Å². The molecule has 0 fully saturated rings. The van der Waals surface area contributed by atoms with Crippen molar-refractivity contribution in [3.63, 3.8) is 0 Å². The Hall–Kier alpha value is -2.32.